The number of carbonyl (C=O) groups excluding carboxylic acids is 1. The Hall–Kier alpha value is -1.40. The van der Waals surface area contributed by atoms with E-state index in [-0.39, 0.29) is 12.0 Å². The second kappa shape index (κ2) is 2.79. The maximum Gasteiger partial charge on any atom is 0.261 e. The fourth-order valence-corrected chi connectivity index (χ4v) is 1.73. The molecule has 0 saturated heterocycles. The molecular formula is C10H5ClFNO. The Labute approximate surface area is 84.9 Å². The van der Waals surface area contributed by atoms with Gasteiger partial charge in [0.25, 0.3) is 5.67 Å². The van der Waals surface area contributed by atoms with Crippen LogP contribution in [0.1, 0.15) is 15.9 Å². The average Bonchev–Trinajstić information content (AvgIpc) is 2.42. The van der Waals surface area contributed by atoms with Gasteiger partial charge in [0.1, 0.15) is 6.07 Å². The minimum Gasteiger partial charge on any atom is -0.289 e. The van der Waals surface area contributed by atoms with E-state index in [1.54, 1.807) is 12.1 Å². The Bertz CT molecular complexity index is 466. The normalized spacial score (nSPS) is 24.5. The van der Waals surface area contributed by atoms with Crippen LogP contribution in [0, 0.1) is 11.3 Å². The molecule has 1 aliphatic carbocycles. The largest absolute Gasteiger partial charge is 0.289 e. The highest BCUT2D eigenvalue weighted by Crippen LogP contribution is 2.33. The number of Topliss-reactive ketones (excluding diaryl/α,β-unsaturated/α-hetero) is 1. The summed E-state index contributed by atoms with van der Waals surface area (Å²) in [7, 11) is 0. The predicted octanol–water partition coefficient (Wildman–Crippen LogP) is 2.31. The summed E-state index contributed by atoms with van der Waals surface area (Å²) in [4.78, 5) is 11.4. The van der Waals surface area contributed by atoms with E-state index in [1.807, 2.05) is 0 Å². The van der Waals surface area contributed by atoms with Gasteiger partial charge >= 0.3 is 0 Å². The van der Waals surface area contributed by atoms with Gasteiger partial charge in [-0.1, -0.05) is 17.7 Å². The maximum atomic E-state index is 13.6. The Morgan fingerprint density at radius 2 is 2.29 bits per heavy atom. The van der Waals surface area contributed by atoms with Gasteiger partial charge in [0, 0.05) is 17.0 Å². The summed E-state index contributed by atoms with van der Waals surface area (Å²) in [6.07, 6.45) is -0.172. The summed E-state index contributed by atoms with van der Waals surface area (Å²) in [5, 5.41) is 8.93. The molecule has 0 bridgehead atoms. The molecule has 2 nitrogen and oxygen atoms in total. The van der Waals surface area contributed by atoms with E-state index in [1.165, 1.54) is 12.1 Å². The van der Waals surface area contributed by atoms with Gasteiger partial charge in [0.2, 0.25) is 5.78 Å². The number of fused-ring (bicyclic) bond motifs is 1. The molecule has 0 aromatic heterocycles. The van der Waals surface area contributed by atoms with Crippen LogP contribution in [-0.4, -0.2) is 11.5 Å². The molecule has 1 aromatic rings. The summed E-state index contributed by atoms with van der Waals surface area (Å²) < 4.78 is 13.6. The lowest BCUT2D eigenvalue weighted by Gasteiger charge is -2.04. The number of hydrogen-bond acceptors (Lipinski definition) is 2. The first-order valence-electron chi connectivity index (χ1n) is 4.00. The highest BCUT2D eigenvalue weighted by molar-refractivity contribution is 6.31. The van der Waals surface area contributed by atoms with Crippen molar-refractivity contribution in [2.45, 2.75) is 12.1 Å². The zero-order chi connectivity index (χ0) is 10.3. The molecule has 2 rings (SSSR count). The van der Waals surface area contributed by atoms with Crippen LogP contribution in [0.5, 0.6) is 0 Å². The van der Waals surface area contributed by atoms with Crippen molar-refractivity contribution in [2.24, 2.45) is 0 Å². The van der Waals surface area contributed by atoms with Crippen molar-refractivity contribution in [2.75, 3.05) is 0 Å². The van der Waals surface area contributed by atoms with Crippen LogP contribution in [0.4, 0.5) is 4.39 Å². The van der Waals surface area contributed by atoms with Crippen molar-refractivity contribution >= 4 is 17.4 Å². The van der Waals surface area contributed by atoms with E-state index in [9.17, 15) is 9.18 Å². The molecule has 0 unspecified atom stereocenters. The zero-order valence-corrected chi connectivity index (χ0v) is 7.81. The molecule has 0 amide bonds. The number of carbonyl (C=O) groups is 1. The van der Waals surface area contributed by atoms with Gasteiger partial charge in [-0.05, 0) is 17.7 Å². The number of nitriles is 1. The molecule has 0 spiro atoms. The molecule has 14 heavy (non-hydrogen) atoms. The first kappa shape index (κ1) is 9.17. The summed E-state index contributed by atoms with van der Waals surface area (Å²) >= 11 is 5.67. The van der Waals surface area contributed by atoms with Gasteiger partial charge in [0.15, 0.2) is 0 Å². The van der Waals surface area contributed by atoms with Gasteiger partial charge < -0.3 is 0 Å². The number of hydrogen-bond donors (Lipinski definition) is 0. The van der Waals surface area contributed by atoms with Gasteiger partial charge in [-0.25, -0.2) is 4.39 Å². The van der Waals surface area contributed by atoms with E-state index in [0.717, 1.165) is 0 Å². The predicted molar refractivity (Wildman–Crippen MR) is 48.9 cm³/mol. The van der Waals surface area contributed by atoms with Crippen LogP contribution in [0.25, 0.3) is 0 Å². The van der Waals surface area contributed by atoms with E-state index in [0.29, 0.717) is 10.6 Å². The standard InChI is InChI=1S/C10H5ClFNO/c11-7-2-1-6-4-10(12,5-13)9(14)8(6)3-7/h1-3H,4H2/t10-/m1/s1. The highest BCUT2D eigenvalue weighted by atomic mass is 35.5. The minimum absolute atomic E-state index is 0.172. The molecule has 0 heterocycles. The highest BCUT2D eigenvalue weighted by Gasteiger charge is 2.46. The van der Waals surface area contributed by atoms with Crippen LogP contribution in [0.2, 0.25) is 5.02 Å². The molecule has 1 aliphatic rings. The van der Waals surface area contributed by atoms with Crippen molar-refractivity contribution in [3.8, 4) is 6.07 Å². The number of alkyl halides is 1. The minimum atomic E-state index is -2.40. The molecule has 0 fully saturated rings. The topological polar surface area (TPSA) is 40.9 Å². The van der Waals surface area contributed by atoms with Crippen LogP contribution in [0.15, 0.2) is 18.2 Å². The zero-order valence-electron chi connectivity index (χ0n) is 7.05. The molecule has 4 heteroatoms. The lowest BCUT2D eigenvalue weighted by atomic mass is 10.0. The van der Waals surface area contributed by atoms with E-state index < -0.39 is 11.5 Å². The number of ketones is 1. The second-order valence-corrected chi connectivity index (χ2v) is 3.66. The van der Waals surface area contributed by atoms with E-state index >= 15 is 0 Å². The van der Waals surface area contributed by atoms with E-state index in [4.69, 9.17) is 16.9 Å². The Morgan fingerprint density at radius 3 is 2.93 bits per heavy atom. The van der Waals surface area contributed by atoms with Gasteiger partial charge in [0.05, 0.1) is 0 Å². The molecule has 0 radical (unpaired) electrons. The molecule has 0 saturated carbocycles. The smallest absolute Gasteiger partial charge is 0.261 e. The first-order chi connectivity index (χ1) is 6.57. The van der Waals surface area contributed by atoms with E-state index in [2.05, 4.69) is 0 Å². The SMILES string of the molecule is N#C[C@]1(F)Cc2ccc(Cl)cc2C1=O. The number of rotatable bonds is 0. The fraction of sp³-hybridized carbons (Fsp3) is 0.200. The van der Waals surface area contributed by atoms with Crippen molar-refractivity contribution in [1.82, 2.24) is 0 Å². The molecular weight excluding hydrogens is 205 g/mol. The van der Waals surface area contributed by atoms with Crippen LogP contribution in [0.3, 0.4) is 0 Å². The van der Waals surface area contributed by atoms with Crippen molar-refractivity contribution < 1.29 is 9.18 Å². The van der Waals surface area contributed by atoms with Gasteiger partial charge in [-0.15, -0.1) is 0 Å². The van der Waals surface area contributed by atoms with Crippen LogP contribution < -0.4 is 0 Å². The fourth-order valence-electron chi connectivity index (χ4n) is 1.56. The third kappa shape index (κ3) is 1.11. The van der Waals surface area contributed by atoms with Crippen molar-refractivity contribution in [3.63, 3.8) is 0 Å². The molecule has 0 N–H and O–H groups in total. The van der Waals surface area contributed by atoms with Crippen LogP contribution >= 0.6 is 11.6 Å². The first-order valence-corrected chi connectivity index (χ1v) is 4.38. The number of benzene rings is 1. The summed E-state index contributed by atoms with van der Waals surface area (Å²) in [6.45, 7) is 0. The third-order valence-corrected chi connectivity index (χ3v) is 2.52. The summed E-state index contributed by atoms with van der Waals surface area (Å²) in [5.74, 6) is -0.780. The third-order valence-electron chi connectivity index (χ3n) is 2.29. The van der Waals surface area contributed by atoms with Crippen LogP contribution in [-0.2, 0) is 6.42 Å². The molecule has 70 valence electrons. The Kier molecular flexibility index (Phi) is 1.83. The molecule has 0 aliphatic heterocycles. The monoisotopic (exact) mass is 209 g/mol. The summed E-state index contributed by atoms with van der Waals surface area (Å²) in [6, 6.07) is 5.96. The molecule has 1 aromatic carbocycles. The average molecular weight is 210 g/mol. The lowest BCUT2D eigenvalue weighted by Crippen LogP contribution is -2.27. The van der Waals surface area contributed by atoms with Crippen molar-refractivity contribution in [3.05, 3.63) is 34.3 Å². The Balaban J connectivity index is 2.58. The second-order valence-electron chi connectivity index (χ2n) is 3.22. The van der Waals surface area contributed by atoms with Gasteiger partial charge in [-0.3, -0.25) is 4.79 Å². The summed E-state index contributed by atoms with van der Waals surface area (Å²) in [5.41, 5.74) is -1.63. The molecule has 1 atom stereocenters. The quantitative estimate of drug-likeness (QED) is 0.658. The Morgan fingerprint density at radius 1 is 1.57 bits per heavy atom. The van der Waals surface area contributed by atoms with Crippen molar-refractivity contribution in [1.29, 1.82) is 5.26 Å². The van der Waals surface area contributed by atoms with Gasteiger partial charge in [-0.2, -0.15) is 5.26 Å². The number of halogens is 2. The number of nitrogens with zero attached hydrogens (tertiary/aromatic N) is 1. The lowest BCUT2D eigenvalue weighted by molar-refractivity contribution is 0.0820. The maximum absolute atomic E-state index is 13.6.